The summed E-state index contributed by atoms with van der Waals surface area (Å²) in [5.41, 5.74) is 0. The maximum Gasteiger partial charge on any atom is 0.334 e. The van der Waals surface area contributed by atoms with Crippen LogP contribution in [0.15, 0.2) is 0 Å². The molecule has 1 atom stereocenters. The van der Waals surface area contributed by atoms with Gasteiger partial charge in [0.15, 0.2) is 6.10 Å². The largest absolute Gasteiger partial charge is 0.464 e. The van der Waals surface area contributed by atoms with Gasteiger partial charge in [0.25, 0.3) is 0 Å². The van der Waals surface area contributed by atoms with Gasteiger partial charge >= 0.3 is 5.97 Å². The Morgan fingerprint density at radius 2 is 2.15 bits per heavy atom. The van der Waals surface area contributed by atoms with Crippen molar-refractivity contribution < 1.29 is 14.6 Å². The molecule has 0 aromatic rings. The van der Waals surface area contributed by atoms with Crippen LogP contribution in [0.25, 0.3) is 0 Å². The molecule has 1 N–H and O–H groups in total. The number of esters is 1. The van der Waals surface area contributed by atoms with Crippen molar-refractivity contribution in [3.63, 3.8) is 0 Å². The summed E-state index contributed by atoms with van der Waals surface area (Å²) in [4.78, 5) is 12.9. The Balaban J connectivity index is 3.49. The van der Waals surface area contributed by atoms with E-state index in [1.165, 1.54) is 0 Å². The molecule has 0 heterocycles. The van der Waals surface area contributed by atoms with Crippen LogP contribution in [0, 0.1) is 0 Å². The second-order valence-electron chi connectivity index (χ2n) is 3.21. The van der Waals surface area contributed by atoms with E-state index in [1.54, 1.807) is 6.92 Å². The number of rotatable bonds is 6. The van der Waals surface area contributed by atoms with Crippen LogP contribution in [0.5, 0.6) is 0 Å². The van der Waals surface area contributed by atoms with Gasteiger partial charge in [-0.3, -0.25) is 0 Å². The first-order chi connectivity index (χ1) is 6.07. The van der Waals surface area contributed by atoms with Crippen molar-refractivity contribution >= 4 is 5.97 Å². The van der Waals surface area contributed by atoms with Gasteiger partial charge in [0.1, 0.15) is 0 Å². The smallest absolute Gasteiger partial charge is 0.334 e. The monoisotopic (exact) mass is 189 g/mol. The zero-order valence-corrected chi connectivity index (χ0v) is 8.62. The number of hydrogen-bond donors (Lipinski definition) is 1. The normalized spacial score (nSPS) is 13.0. The van der Waals surface area contributed by atoms with Crippen molar-refractivity contribution in [1.82, 2.24) is 4.90 Å². The summed E-state index contributed by atoms with van der Waals surface area (Å²) in [6.45, 7) is 2.92. The molecule has 0 rings (SSSR count). The van der Waals surface area contributed by atoms with Gasteiger partial charge in [-0.2, -0.15) is 0 Å². The molecule has 1 unspecified atom stereocenters. The van der Waals surface area contributed by atoms with Gasteiger partial charge in [0.2, 0.25) is 0 Å². The van der Waals surface area contributed by atoms with Crippen molar-refractivity contribution in [2.75, 3.05) is 27.2 Å². The molecule has 0 spiro atoms. The average Bonchev–Trinajstić information content (AvgIpc) is 2.04. The summed E-state index contributed by atoms with van der Waals surface area (Å²) in [6.07, 6.45) is 0.309. The first-order valence-electron chi connectivity index (χ1n) is 4.57. The van der Waals surface area contributed by atoms with Crippen LogP contribution in [0.2, 0.25) is 0 Å². The molecule has 0 radical (unpaired) electrons. The minimum atomic E-state index is -0.958. The summed E-state index contributed by atoms with van der Waals surface area (Å²) in [5, 5.41) is 9.27. The van der Waals surface area contributed by atoms with Crippen molar-refractivity contribution in [2.45, 2.75) is 25.9 Å². The third-order valence-electron chi connectivity index (χ3n) is 1.64. The quantitative estimate of drug-likeness (QED) is 0.609. The number of aliphatic hydroxyl groups excluding tert-OH is 1. The SMILES string of the molecule is CCOC(=O)C(O)CCCN(C)C. The maximum atomic E-state index is 10.9. The van der Waals surface area contributed by atoms with Crippen LogP contribution >= 0.6 is 0 Å². The van der Waals surface area contributed by atoms with Gasteiger partial charge < -0.3 is 14.7 Å². The average molecular weight is 189 g/mol. The fraction of sp³-hybridized carbons (Fsp3) is 0.889. The van der Waals surface area contributed by atoms with Gasteiger partial charge in [-0.05, 0) is 40.4 Å². The van der Waals surface area contributed by atoms with Crippen molar-refractivity contribution in [3.8, 4) is 0 Å². The Labute approximate surface area is 79.5 Å². The molecular weight excluding hydrogens is 170 g/mol. The van der Waals surface area contributed by atoms with E-state index in [-0.39, 0.29) is 0 Å². The van der Waals surface area contributed by atoms with Crippen LogP contribution in [-0.4, -0.2) is 49.3 Å². The minimum Gasteiger partial charge on any atom is -0.464 e. The van der Waals surface area contributed by atoms with Crippen molar-refractivity contribution in [3.05, 3.63) is 0 Å². The summed E-state index contributed by atoms with van der Waals surface area (Å²) in [5.74, 6) is -0.513. The molecule has 0 aromatic heterocycles. The summed E-state index contributed by atoms with van der Waals surface area (Å²) >= 11 is 0. The molecule has 0 bridgehead atoms. The molecule has 13 heavy (non-hydrogen) atoms. The van der Waals surface area contributed by atoms with Crippen molar-refractivity contribution in [1.29, 1.82) is 0 Å². The standard InChI is InChI=1S/C9H19NO3/c1-4-13-9(12)8(11)6-5-7-10(2)3/h8,11H,4-7H2,1-3H3. The molecule has 0 saturated carbocycles. The molecule has 4 nitrogen and oxygen atoms in total. The third kappa shape index (κ3) is 6.54. The van der Waals surface area contributed by atoms with E-state index < -0.39 is 12.1 Å². The highest BCUT2D eigenvalue weighted by molar-refractivity contribution is 5.74. The van der Waals surface area contributed by atoms with E-state index in [2.05, 4.69) is 4.74 Å². The Hall–Kier alpha value is -0.610. The Morgan fingerprint density at radius 1 is 1.54 bits per heavy atom. The molecule has 0 aliphatic rings. The number of carbonyl (C=O) groups is 1. The van der Waals surface area contributed by atoms with E-state index in [4.69, 9.17) is 0 Å². The van der Waals surface area contributed by atoms with Crippen LogP contribution in [0.3, 0.4) is 0 Å². The second-order valence-corrected chi connectivity index (χ2v) is 3.21. The van der Waals surface area contributed by atoms with E-state index in [9.17, 15) is 9.90 Å². The molecule has 0 aromatic carbocycles. The molecule has 0 saturated heterocycles. The molecule has 78 valence electrons. The zero-order chi connectivity index (χ0) is 10.3. The highest BCUT2D eigenvalue weighted by atomic mass is 16.5. The van der Waals surface area contributed by atoms with E-state index in [0.717, 1.165) is 13.0 Å². The predicted molar refractivity (Wildman–Crippen MR) is 50.4 cm³/mol. The predicted octanol–water partition coefficient (Wildman–Crippen LogP) is 0.252. The lowest BCUT2D eigenvalue weighted by Crippen LogP contribution is -2.24. The lowest BCUT2D eigenvalue weighted by atomic mass is 10.2. The van der Waals surface area contributed by atoms with Crippen LogP contribution in [0.1, 0.15) is 19.8 Å². The number of ether oxygens (including phenoxy) is 1. The second kappa shape index (κ2) is 6.86. The first kappa shape index (κ1) is 12.4. The summed E-state index contributed by atoms with van der Waals surface area (Å²) < 4.78 is 4.66. The number of nitrogens with zero attached hydrogens (tertiary/aromatic N) is 1. The van der Waals surface area contributed by atoms with Crippen LogP contribution in [0.4, 0.5) is 0 Å². The Kier molecular flexibility index (Phi) is 6.54. The molecule has 0 aliphatic carbocycles. The van der Waals surface area contributed by atoms with Crippen molar-refractivity contribution in [2.24, 2.45) is 0 Å². The molecule has 0 fully saturated rings. The van der Waals surface area contributed by atoms with E-state index in [0.29, 0.717) is 13.0 Å². The van der Waals surface area contributed by atoms with Gasteiger partial charge in [-0.15, -0.1) is 0 Å². The van der Waals surface area contributed by atoms with Crippen LogP contribution < -0.4 is 0 Å². The lowest BCUT2D eigenvalue weighted by molar-refractivity contribution is -0.153. The third-order valence-corrected chi connectivity index (χ3v) is 1.64. The molecular formula is C9H19NO3. The topological polar surface area (TPSA) is 49.8 Å². The van der Waals surface area contributed by atoms with Gasteiger partial charge in [0, 0.05) is 0 Å². The first-order valence-corrected chi connectivity index (χ1v) is 4.57. The Morgan fingerprint density at radius 3 is 2.62 bits per heavy atom. The highest BCUT2D eigenvalue weighted by Gasteiger charge is 2.14. The van der Waals surface area contributed by atoms with Gasteiger partial charge in [-0.1, -0.05) is 0 Å². The van der Waals surface area contributed by atoms with E-state index in [1.807, 2.05) is 19.0 Å². The lowest BCUT2D eigenvalue weighted by Gasteiger charge is -2.12. The molecule has 0 aliphatic heterocycles. The summed E-state index contributed by atoms with van der Waals surface area (Å²) in [6, 6.07) is 0. The fourth-order valence-electron chi connectivity index (χ4n) is 0.957. The molecule has 4 heteroatoms. The van der Waals surface area contributed by atoms with Gasteiger partial charge in [-0.25, -0.2) is 4.79 Å². The number of aliphatic hydroxyl groups is 1. The van der Waals surface area contributed by atoms with E-state index >= 15 is 0 Å². The minimum absolute atomic E-state index is 0.323. The molecule has 0 amide bonds. The highest BCUT2D eigenvalue weighted by Crippen LogP contribution is 2.00. The number of carbonyl (C=O) groups excluding carboxylic acids is 1. The summed E-state index contributed by atoms with van der Waals surface area (Å²) in [7, 11) is 3.91. The number of hydrogen-bond acceptors (Lipinski definition) is 4. The van der Waals surface area contributed by atoms with Gasteiger partial charge in [0.05, 0.1) is 6.61 Å². The zero-order valence-electron chi connectivity index (χ0n) is 8.62. The fourth-order valence-corrected chi connectivity index (χ4v) is 0.957. The maximum absolute atomic E-state index is 10.9. The van der Waals surface area contributed by atoms with Crippen LogP contribution in [-0.2, 0) is 9.53 Å². The Bertz CT molecular complexity index is 148.